The van der Waals surface area contributed by atoms with E-state index in [-0.39, 0.29) is 36.9 Å². The van der Waals surface area contributed by atoms with Crippen molar-refractivity contribution in [3.8, 4) is 0 Å². The van der Waals surface area contributed by atoms with Crippen LogP contribution in [0.4, 0.5) is 0 Å². The predicted molar refractivity (Wildman–Crippen MR) is 77.8 cm³/mol. The van der Waals surface area contributed by atoms with Gasteiger partial charge in [-0.25, -0.2) is 16.8 Å². The number of nitrogens with two attached hydrogens (primary N) is 1. The Morgan fingerprint density at radius 3 is 2.33 bits per heavy atom. The number of hydrogen-bond donors (Lipinski definition) is 2. The van der Waals surface area contributed by atoms with Crippen LogP contribution >= 0.6 is 0 Å². The minimum absolute atomic E-state index is 0.0834. The molecule has 0 aromatic carbocycles. The van der Waals surface area contributed by atoms with Crippen LogP contribution in [0.3, 0.4) is 0 Å². The fraction of sp³-hybridized carbons (Fsp3) is 0.909. The second kappa shape index (κ2) is 6.19. The average molecular weight is 339 g/mol. The molecule has 1 unspecified atom stereocenters. The molecule has 2 saturated heterocycles. The number of nitrogens with one attached hydrogen (secondary N) is 1. The monoisotopic (exact) mass is 339 g/mol. The SMILES string of the molecule is NC(=O)CN(C1CCNC1)S(=O)(=O)C1CCS(=O)(=O)CC1. The first-order valence-corrected chi connectivity index (χ1v) is 10.2. The maximum Gasteiger partial charge on any atom is 0.232 e. The van der Waals surface area contributed by atoms with Crippen LogP contribution in [0.25, 0.3) is 0 Å². The topological polar surface area (TPSA) is 127 Å². The zero-order chi connectivity index (χ0) is 15.7. The fourth-order valence-electron chi connectivity index (χ4n) is 2.82. The number of sulfone groups is 1. The van der Waals surface area contributed by atoms with Crippen LogP contribution in [0, 0.1) is 0 Å². The Hall–Kier alpha value is -0.710. The quantitative estimate of drug-likeness (QED) is 0.599. The number of carbonyl (C=O) groups excluding carboxylic acids is 1. The summed E-state index contributed by atoms with van der Waals surface area (Å²) in [4.78, 5) is 11.2. The highest BCUT2D eigenvalue weighted by Gasteiger charge is 2.40. The van der Waals surface area contributed by atoms with Gasteiger partial charge in [-0.3, -0.25) is 4.79 Å². The summed E-state index contributed by atoms with van der Waals surface area (Å²) in [7, 11) is -6.86. The molecule has 0 bridgehead atoms. The van der Waals surface area contributed by atoms with Crippen molar-refractivity contribution in [2.45, 2.75) is 30.6 Å². The van der Waals surface area contributed by atoms with E-state index in [1.165, 1.54) is 0 Å². The summed E-state index contributed by atoms with van der Waals surface area (Å²) in [5.41, 5.74) is 5.17. The molecule has 3 N–H and O–H groups in total. The molecule has 1 atom stereocenters. The van der Waals surface area contributed by atoms with E-state index in [2.05, 4.69) is 5.32 Å². The van der Waals surface area contributed by atoms with Crippen molar-refractivity contribution in [2.75, 3.05) is 31.1 Å². The molecule has 2 aliphatic rings. The molecule has 0 radical (unpaired) electrons. The molecule has 0 spiro atoms. The van der Waals surface area contributed by atoms with E-state index in [0.717, 1.165) is 4.31 Å². The largest absolute Gasteiger partial charge is 0.369 e. The third-order valence-electron chi connectivity index (χ3n) is 4.00. The lowest BCUT2D eigenvalue weighted by Gasteiger charge is -2.32. The highest BCUT2D eigenvalue weighted by Crippen LogP contribution is 2.25. The van der Waals surface area contributed by atoms with Crippen molar-refractivity contribution >= 4 is 25.8 Å². The second-order valence-corrected chi connectivity index (χ2v) is 10.0. The van der Waals surface area contributed by atoms with Gasteiger partial charge in [0.2, 0.25) is 15.9 Å². The molecule has 0 aliphatic carbocycles. The van der Waals surface area contributed by atoms with E-state index in [9.17, 15) is 21.6 Å². The summed E-state index contributed by atoms with van der Waals surface area (Å²) in [6.07, 6.45) is 0.789. The standard InChI is InChI=1S/C11H21N3O5S2/c12-11(15)8-14(9-1-4-13-7-9)21(18,19)10-2-5-20(16,17)6-3-10/h9-10,13H,1-8H2,(H2,12,15). The minimum atomic E-state index is -3.72. The maximum atomic E-state index is 12.7. The number of hydrogen-bond acceptors (Lipinski definition) is 6. The lowest BCUT2D eigenvalue weighted by molar-refractivity contribution is -0.118. The molecule has 21 heavy (non-hydrogen) atoms. The highest BCUT2D eigenvalue weighted by molar-refractivity contribution is 7.92. The highest BCUT2D eigenvalue weighted by atomic mass is 32.2. The Morgan fingerprint density at radius 2 is 1.86 bits per heavy atom. The number of carbonyl (C=O) groups is 1. The number of nitrogens with zero attached hydrogens (tertiary/aromatic N) is 1. The van der Waals surface area contributed by atoms with E-state index >= 15 is 0 Å². The van der Waals surface area contributed by atoms with Gasteiger partial charge in [0.15, 0.2) is 0 Å². The molecule has 2 heterocycles. The van der Waals surface area contributed by atoms with Crippen molar-refractivity contribution in [3.05, 3.63) is 0 Å². The van der Waals surface area contributed by atoms with Crippen LogP contribution < -0.4 is 11.1 Å². The number of sulfonamides is 1. The van der Waals surface area contributed by atoms with Crippen LogP contribution in [0.15, 0.2) is 0 Å². The predicted octanol–water partition coefficient (Wildman–Crippen LogP) is -1.96. The Bertz CT molecular complexity index is 581. The Kier molecular flexibility index (Phi) is 4.91. The van der Waals surface area contributed by atoms with Gasteiger partial charge in [0.25, 0.3) is 0 Å². The van der Waals surface area contributed by atoms with Crippen LogP contribution in [0.2, 0.25) is 0 Å². The molecule has 122 valence electrons. The first-order chi connectivity index (χ1) is 9.72. The molecule has 1 amide bonds. The van der Waals surface area contributed by atoms with Gasteiger partial charge in [0, 0.05) is 12.6 Å². The minimum Gasteiger partial charge on any atom is -0.369 e. The van der Waals surface area contributed by atoms with Crippen LogP contribution in [-0.2, 0) is 24.7 Å². The van der Waals surface area contributed by atoms with Crippen molar-refractivity contribution in [3.63, 3.8) is 0 Å². The van der Waals surface area contributed by atoms with Crippen LogP contribution in [0.1, 0.15) is 19.3 Å². The summed E-state index contributed by atoms with van der Waals surface area (Å²) >= 11 is 0. The summed E-state index contributed by atoms with van der Waals surface area (Å²) < 4.78 is 49.5. The second-order valence-electron chi connectivity index (χ2n) is 5.55. The van der Waals surface area contributed by atoms with Crippen molar-refractivity contribution in [1.82, 2.24) is 9.62 Å². The van der Waals surface area contributed by atoms with Gasteiger partial charge in [0.1, 0.15) is 9.84 Å². The molecule has 0 aromatic heterocycles. The molecular formula is C11H21N3O5S2. The van der Waals surface area contributed by atoms with Gasteiger partial charge in [-0.15, -0.1) is 0 Å². The van der Waals surface area contributed by atoms with Crippen molar-refractivity contribution in [2.24, 2.45) is 5.73 Å². The lowest BCUT2D eigenvalue weighted by atomic mass is 10.2. The maximum absolute atomic E-state index is 12.7. The van der Waals surface area contributed by atoms with Gasteiger partial charge in [0.05, 0.1) is 23.3 Å². The summed E-state index contributed by atoms with van der Waals surface area (Å²) in [5, 5.41) is 2.31. The first kappa shape index (κ1) is 16.7. The molecular weight excluding hydrogens is 318 g/mol. The Balaban J connectivity index is 2.18. The van der Waals surface area contributed by atoms with Gasteiger partial charge in [-0.05, 0) is 25.8 Å². The molecule has 2 rings (SSSR count). The van der Waals surface area contributed by atoms with E-state index < -0.39 is 31.0 Å². The summed E-state index contributed by atoms with van der Waals surface area (Å²) in [6.45, 7) is 0.823. The summed E-state index contributed by atoms with van der Waals surface area (Å²) in [5.74, 6) is -0.942. The van der Waals surface area contributed by atoms with E-state index in [4.69, 9.17) is 5.73 Å². The zero-order valence-corrected chi connectivity index (χ0v) is 13.3. The lowest BCUT2D eigenvalue weighted by Crippen LogP contribution is -2.51. The molecule has 0 aromatic rings. The Morgan fingerprint density at radius 1 is 1.24 bits per heavy atom. The fourth-order valence-corrected chi connectivity index (χ4v) is 6.73. The molecule has 0 saturated carbocycles. The third kappa shape index (κ3) is 3.93. The van der Waals surface area contributed by atoms with Crippen molar-refractivity contribution < 1.29 is 21.6 Å². The average Bonchev–Trinajstić information content (AvgIpc) is 2.88. The van der Waals surface area contributed by atoms with Crippen molar-refractivity contribution in [1.29, 1.82) is 0 Å². The van der Waals surface area contributed by atoms with E-state index in [0.29, 0.717) is 19.5 Å². The zero-order valence-electron chi connectivity index (χ0n) is 11.7. The van der Waals surface area contributed by atoms with Gasteiger partial charge in [-0.2, -0.15) is 4.31 Å². The van der Waals surface area contributed by atoms with Gasteiger partial charge >= 0.3 is 0 Å². The normalized spacial score (nSPS) is 27.0. The molecule has 8 nitrogen and oxygen atoms in total. The van der Waals surface area contributed by atoms with Crippen LogP contribution in [0.5, 0.6) is 0 Å². The molecule has 2 aliphatic heterocycles. The first-order valence-electron chi connectivity index (χ1n) is 6.92. The molecule has 2 fully saturated rings. The number of primary amides is 1. The Labute approximate surface area is 125 Å². The van der Waals surface area contributed by atoms with E-state index in [1.807, 2.05) is 0 Å². The number of amides is 1. The van der Waals surface area contributed by atoms with E-state index in [1.54, 1.807) is 0 Å². The smallest absolute Gasteiger partial charge is 0.232 e. The van der Waals surface area contributed by atoms with Gasteiger partial charge < -0.3 is 11.1 Å². The van der Waals surface area contributed by atoms with Gasteiger partial charge in [-0.1, -0.05) is 0 Å². The number of rotatable bonds is 5. The third-order valence-corrected chi connectivity index (χ3v) is 8.11. The molecule has 10 heteroatoms. The summed E-state index contributed by atoms with van der Waals surface area (Å²) in [6, 6.07) is -0.291. The van der Waals surface area contributed by atoms with Crippen LogP contribution in [-0.4, -0.2) is 69.5 Å².